The summed E-state index contributed by atoms with van der Waals surface area (Å²) in [6, 6.07) is 13.7. The van der Waals surface area contributed by atoms with Crippen LogP contribution < -0.4 is 10.0 Å². The Morgan fingerprint density at radius 1 is 1.07 bits per heavy atom. The van der Waals surface area contributed by atoms with Crippen molar-refractivity contribution in [2.24, 2.45) is 5.92 Å². The number of amides is 2. The van der Waals surface area contributed by atoms with E-state index in [0.29, 0.717) is 12.5 Å². The topological polar surface area (TPSA) is 78.5 Å². The highest BCUT2D eigenvalue weighted by molar-refractivity contribution is 7.89. The summed E-state index contributed by atoms with van der Waals surface area (Å²) in [5, 5.41) is 2.99. The van der Waals surface area contributed by atoms with Crippen LogP contribution in [0.5, 0.6) is 0 Å². The molecule has 3 atom stereocenters. The molecule has 4 rings (SSSR count). The van der Waals surface area contributed by atoms with Gasteiger partial charge in [0.05, 0.1) is 10.9 Å². The fourth-order valence-corrected chi connectivity index (χ4v) is 5.70. The second-order valence-electron chi connectivity index (χ2n) is 7.85. The number of benzene rings is 2. The van der Waals surface area contributed by atoms with E-state index < -0.39 is 10.0 Å². The van der Waals surface area contributed by atoms with Gasteiger partial charge in [0.2, 0.25) is 10.0 Å². The molecule has 28 heavy (non-hydrogen) atoms. The molecule has 2 aliphatic rings. The van der Waals surface area contributed by atoms with Crippen molar-refractivity contribution in [2.75, 3.05) is 11.9 Å². The van der Waals surface area contributed by atoms with Crippen LogP contribution in [0.3, 0.4) is 0 Å². The monoisotopic (exact) mass is 399 g/mol. The molecular formula is C21H25N3O3S. The number of hydrogen-bond donors (Lipinski definition) is 2. The van der Waals surface area contributed by atoms with E-state index in [1.54, 1.807) is 35.2 Å². The molecular weight excluding hydrogens is 374 g/mol. The average Bonchev–Trinajstić information content (AvgIpc) is 3.25. The summed E-state index contributed by atoms with van der Waals surface area (Å²) in [6.07, 6.45) is 1.60. The number of fused-ring (bicyclic) bond motifs is 2. The molecule has 7 heteroatoms. The molecule has 148 valence electrons. The van der Waals surface area contributed by atoms with E-state index in [-0.39, 0.29) is 23.0 Å². The Kier molecular flexibility index (Phi) is 4.89. The number of urea groups is 1. The van der Waals surface area contributed by atoms with Gasteiger partial charge in [-0.2, -0.15) is 0 Å². The lowest BCUT2D eigenvalue weighted by Gasteiger charge is -2.33. The second kappa shape index (κ2) is 7.22. The summed E-state index contributed by atoms with van der Waals surface area (Å²) in [4.78, 5) is 14.9. The number of likely N-dealkylation sites (tertiary alicyclic amines) is 1. The van der Waals surface area contributed by atoms with Gasteiger partial charge in [-0.15, -0.1) is 0 Å². The van der Waals surface area contributed by atoms with Gasteiger partial charge in [-0.1, -0.05) is 35.9 Å². The molecule has 1 heterocycles. The Morgan fingerprint density at radius 3 is 2.50 bits per heavy atom. The molecule has 1 aliphatic carbocycles. The predicted molar refractivity (Wildman–Crippen MR) is 109 cm³/mol. The number of aryl methyl sites for hydroxylation is 2. The van der Waals surface area contributed by atoms with Crippen LogP contribution in [0.4, 0.5) is 10.5 Å². The minimum atomic E-state index is -3.59. The Hall–Kier alpha value is -2.38. The van der Waals surface area contributed by atoms with Crippen molar-refractivity contribution in [3.8, 4) is 0 Å². The summed E-state index contributed by atoms with van der Waals surface area (Å²) in [5.74, 6) is 0.332. The molecule has 1 aliphatic heterocycles. The number of carbonyl (C=O) groups is 1. The number of nitrogens with zero attached hydrogens (tertiary/aromatic N) is 1. The van der Waals surface area contributed by atoms with Crippen molar-refractivity contribution in [3.05, 3.63) is 59.7 Å². The van der Waals surface area contributed by atoms with Gasteiger partial charge in [-0.3, -0.25) is 0 Å². The Labute approximate surface area is 166 Å². The van der Waals surface area contributed by atoms with Crippen LogP contribution in [-0.2, 0) is 10.0 Å². The number of anilines is 1. The van der Waals surface area contributed by atoms with E-state index in [4.69, 9.17) is 0 Å². The van der Waals surface area contributed by atoms with E-state index in [1.165, 1.54) is 0 Å². The van der Waals surface area contributed by atoms with Gasteiger partial charge < -0.3 is 10.2 Å². The molecule has 0 aromatic heterocycles. The van der Waals surface area contributed by atoms with Crippen LogP contribution in [0.2, 0.25) is 0 Å². The maximum absolute atomic E-state index is 12.9. The molecule has 2 bridgehead atoms. The Bertz CT molecular complexity index is 991. The van der Waals surface area contributed by atoms with Gasteiger partial charge in [-0.25, -0.2) is 17.9 Å². The molecule has 3 unspecified atom stereocenters. The van der Waals surface area contributed by atoms with Crippen LogP contribution in [0, 0.1) is 19.8 Å². The number of nitrogens with one attached hydrogen (secondary N) is 2. The number of hydrogen-bond acceptors (Lipinski definition) is 3. The van der Waals surface area contributed by atoms with Crippen LogP contribution >= 0.6 is 0 Å². The smallest absolute Gasteiger partial charge is 0.320 e. The third-order valence-corrected chi connectivity index (χ3v) is 7.23. The Balaban J connectivity index is 1.47. The summed E-state index contributed by atoms with van der Waals surface area (Å²) < 4.78 is 28.2. The first-order valence-corrected chi connectivity index (χ1v) is 11.0. The minimum absolute atomic E-state index is 0.116. The lowest BCUT2D eigenvalue weighted by atomic mass is 10.1. The van der Waals surface area contributed by atoms with Crippen molar-refractivity contribution in [1.82, 2.24) is 9.62 Å². The molecule has 2 N–H and O–H groups in total. The zero-order chi connectivity index (χ0) is 19.9. The van der Waals surface area contributed by atoms with Gasteiger partial charge >= 0.3 is 6.03 Å². The molecule has 2 aromatic rings. The van der Waals surface area contributed by atoms with Crippen molar-refractivity contribution >= 4 is 21.7 Å². The molecule has 1 saturated heterocycles. The quantitative estimate of drug-likeness (QED) is 0.828. The molecule has 2 aromatic carbocycles. The zero-order valence-corrected chi connectivity index (χ0v) is 16.9. The largest absolute Gasteiger partial charge is 0.322 e. The standard InChI is InChI=1S/C21H25N3O3S/c1-14-8-9-18(15(2)10-14)22-21(25)24-13-16-11-19(20(24)12-16)23-28(26,27)17-6-4-3-5-7-17/h3-10,16,19-20,23H,11-13H2,1-2H3,(H,22,25). The van der Waals surface area contributed by atoms with E-state index in [1.807, 2.05) is 32.0 Å². The van der Waals surface area contributed by atoms with Gasteiger partial charge in [0.1, 0.15) is 0 Å². The highest BCUT2D eigenvalue weighted by Gasteiger charge is 2.48. The Morgan fingerprint density at radius 2 is 1.82 bits per heavy atom. The van der Waals surface area contributed by atoms with Crippen LogP contribution in [0.15, 0.2) is 53.4 Å². The number of rotatable bonds is 4. The number of sulfonamides is 1. The first kappa shape index (κ1) is 19.0. The van der Waals surface area contributed by atoms with E-state index >= 15 is 0 Å². The maximum atomic E-state index is 12.9. The second-order valence-corrected chi connectivity index (χ2v) is 9.56. The average molecular weight is 400 g/mol. The molecule has 1 saturated carbocycles. The summed E-state index contributed by atoms with van der Waals surface area (Å²) in [7, 11) is -3.59. The van der Waals surface area contributed by atoms with Gasteiger partial charge in [0, 0.05) is 18.3 Å². The fourth-order valence-electron chi connectivity index (χ4n) is 4.39. The third-order valence-electron chi connectivity index (χ3n) is 5.73. The summed E-state index contributed by atoms with van der Waals surface area (Å²) >= 11 is 0. The third kappa shape index (κ3) is 3.64. The molecule has 0 radical (unpaired) electrons. The molecule has 2 fully saturated rings. The minimum Gasteiger partial charge on any atom is -0.320 e. The van der Waals surface area contributed by atoms with Crippen molar-refractivity contribution < 1.29 is 13.2 Å². The van der Waals surface area contributed by atoms with Crippen molar-refractivity contribution in [3.63, 3.8) is 0 Å². The van der Waals surface area contributed by atoms with E-state index in [9.17, 15) is 13.2 Å². The highest BCUT2D eigenvalue weighted by Crippen LogP contribution is 2.38. The predicted octanol–water partition coefficient (Wildman–Crippen LogP) is 3.28. The maximum Gasteiger partial charge on any atom is 0.322 e. The number of carbonyl (C=O) groups excluding carboxylic acids is 1. The van der Waals surface area contributed by atoms with Crippen molar-refractivity contribution in [1.29, 1.82) is 0 Å². The zero-order valence-electron chi connectivity index (χ0n) is 16.1. The van der Waals surface area contributed by atoms with Crippen LogP contribution in [-0.4, -0.2) is 38.0 Å². The van der Waals surface area contributed by atoms with Crippen molar-refractivity contribution in [2.45, 2.75) is 43.7 Å². The van der Waals surface area contributed by atoms with E-state index in [2.05, 4.69) is 10.0 Å². The van der Waals surface area contributed by atoms with Crippen LogP contribution in [0.1, 0.15) is 24.0 Å². The van der Waals surface area contributed by atoms with Gasteiger partial charge in [0.15, 0.2) is 0 Å². The highest BCUT2D eigenvalue weighted by atomic mass is 32.2. The summed E-state index contributed by atoms with van der Waals surface area (Å²) in [5.41, 5.74) is 2.95. The fraction of sp³-hybridized carbons (Fsp3) is 0.381. The lowest BCUT2D eigenvalue weighted by molar-refractivity contribution is 0.183. The molecule has 0 spiro atoms. The van der Waals surface area contributed by atoms with Crippen LogP contribution in [0.25, 0.3) is 0 Å². The molecule has 6 nitrogen and oxygen atoms in total. The first-order valence-electron chi connectivity index (χ1n) is 9.56. The SMILES string of the molecule is Cc1ccc(NC(=O)N2CC3CC(NS(=O)(=O)c4ccccc4)C2C3)c(C)c1. The lowest BCUT2D eigenvalue weighted by Crippen LogP contribution is -2.52. The summed E-state index contributed by atoms with van der Waals surface area (Å²) in [6.45, 7) is 4.65. The number of piperidine rings is 1. The first-order chi connectivity index (χ1) is 13.3. The van der Waals surface area contributed by atoms with Gasteiger partial charge in [0.25, 0.3) is 0 Å². The molecule has 2 amide bonds. The normalized spacial score (nSPS) is 23.8. The van der Waals surface area contributed by atoms with E-state index in [0.717, 1.165) is 29.7 Å². The van der Waals surface area contributed by atoms with Gasteiger partial charge in [-0.05, 0) is 56.4 Å².